The second-order valence-corrected chi connectivity index (χ2v) is 6.51. The lowest BCUT2D eigenvalue weighted by molar-refractivity contribution is -0.154. The van der Waals surface area contributed by atoms with Crippen LogP contribution in [0.25, 0.3) is 0 Å². The van der Waals surface area contributed by atoms with E-state index in [1.54, 1.807) is 54.6 Å². The first-order valence-electron chi connectivity index (χ1n) is 9.09. The van der Waals surface area contributed by atoms with Crippen molar-refractivity contribution in [2.45, 2.75) is 18.7 Å². The van der Waals surface area contributed by atoms with E-state index in [0.717, 1.165) is 12.1 Å². The van der Waals surface area contributed by atoms with E-state index in [1.807, 2.05) is 6.07 Å². The van der Waals surface area contributed by atoms with Gasteiger partial charge in [-0.1, -0.05) is 66.7 Å². The van der Waals surface area contributed by atoms with Crippen LogP contribution in [0, 0.1) is 0 Å². The van der Waals surface area contributed by atoms with Crippen molar-refractivity contribution in [3.8, 4) is 0 Å². The molecule has 3 aromatic rings. The van der Waals surface area contributed by atoms with Gasteiger partial charge in [-0.15, -0.1) is 0 Å². The molecule has 0 fully saturated rings. The van der Waals surface area contributed by atoms with Gasteiger partial charge in [-0.25, -0.2) is 0 Å². The normalized spacial score (nSPS) is 12.1. The molecule has 0 saturated carbocycles. The van der Waals surface area contributed by atoms with Crippen LogP contribution in [0.2, 0.25) is 0 Å². The number of ether oxygens (including phenoxy) is 1. The summed E-state index contributed by atoms with van der Waals surface area (Å²) in [4.78, 5) is 25.2. The molecule has 0 bridgehead atoms. The first-order chi connectivity index (χ1) is 14.3. The summed E-state index contributed by atoms with van der Waals surface area (Å²) in [5, 5.41) is 2.41. The lowest BCUT2D eigenvalue weighted by Crippen LogP contribution is -2.26. The Bertz CT molecular complexity index is 1000. The molecular formula is C23H18F3NO3. The summed E-state index contributed by atoms with van der Waals surface area (Å²) in [5.74, 6) is -1.38. The van der Waals surface area contributed by atoms with Crippen molar-refractivity contribution in [1.82, 2.24) is 0 Å². The van der Waals surface area contributed by atoms with Crippen molar-refractivity contribution in [1.29, 1.82) is 0 Å². The van der Waals surface area contributed by atoms with Gasteiger partial charge >= 0.3 is 12.1 Å². The third-order valence-electron chi connectivity index (χ3n) is 4.24. The monoisotopic (exact) mass is 413 g/mol. The highest BCUT2D eigenvalue weighted by Crippen LogP contribution is 2.31. The van der Waals surface area contributed by atoms with Gasteiger partial charge in [0.05, 0.1) is 12.0 Å². The molecule has 0 aliphatic heterocycles. The summed E-state index contributed by atoms with van der Waals surface area (Å²) in [6.45, 7) is 0. The summed E-state index contributed by atoms with van der Waals surface area (Å²) in [7, 11) is 0. The zero-order valence-electron chi connectivity index (χ0n) is 15.7. The van der Waals surface area contributed by atoms with Crippen molar-refractivity contribution in [3.63, 3.8) is 0 Å². The molecule has 4 nitrogen and oxygen atoms in total. The van der Waals surface area contributed by atoms with Crippen LogP contribution in [0.15, 0.2) is 84.9 Å². The van der Waals surface area contributed by atoms with E-state index in [9.17, 15) is 22.8 Å². The largest absolute Gasteiger partial charge is 0.447 e. The molecule has 0 radical (unpaired) electrons. The molecule has 0 saturated heterocycles. The topological polar surface area (TPSA) is 55.4 Å². The van der Waals surface area contributed by atoms with E-state index in [2.05, 4.69) is 5.32 Å². The molecule has 3 rings (SSSR count). The number of carbonyl (C=O) groups is 2. The van der Waals surface area contributed by atoms with Gasteiger partial charge in [0.25, 0.3) is 5.91 Å². The maximum atomic E-state index is 12.9. The van der Waals surface area contributed by atoms with Crippen molar-refractivity contribution in [2.75, 3.05) is 5.32 Å². The van der Waals surface area contributed by atoms with E-state index in [-0.39, 0.29) is 12.1 Å². The Morgan fingerprint density at radius 1 is 0.867 bits per heavy atom. The number of carbonyl (C=O) groups excluding carboxylic acids is 2. The summed E-state index contributed by atoms with van der Waals surface area (Å²) in [6.07, 6.45) is -5.89. The molecule has 0 aliphatic rings. The van der Waals surface area contributed by atoms with Crippen LogP contribution in [-0.4, -0.2) is 11.9 Å². The van der Waals surface area contributed by atoms with Gasteiger partial charge in [-0.05, 0) is 23.8 Å². The summed E-state index contributed by atoms with van der Waals surface area (Å²) < 4.78 is 44.2. The van der Waals surface area contributed by atoms with Gasteiger partial charge < -0.3 is 10.1 Å². The molecule has 0 aliphatic carbocycles. The van der Waals surface area contributed by atoms with Crippen LogP contribution < -0.4 is 5.32 Å². The second kappa shape index (κ2) is 9.26. The van der Waals surface area contributed by atoms with Crippen molar-refractivity contribution < 1.29 is 27.5 Å². The minimum atomic E-state index is -4.54. The van der Waals surface area contributed by atoms with Crippen LogP contribution in [0.3, 0.4) is 0 Å². The number of anilines is 1. The molecular weight excluding hydrogens is 395 g/mol. The fourth-order valence-electron chi connectivity index (χ4n) is 2.82. The Morgan fingerprint density at radius 3 is 2.13 bits per heavy atom. The van der Waals surface area contributed by atoms with E-state index in [1.165, 1.54) is 12.1 Å². The molecule has 0 unspecified atom stereocenters. The number of amides is 1. The zero-order valence-corrected chi connectivity index (χ0v) is 15.7. The summed E-state index contributed by atoms with van der Waals surface area (Å²) >= 11 is 0. The second-order valence-electron chi connectivity index (χ2n) is 6.51. The Labute approximate surface area is 171 Å². The predicted octanol–water partition coefficient (Wildman–Crippen LogP) is 5.17. The highest BCUT2D eigenvalue weighted by atomic mass is 19.4. The molecule has 3 aromatic carbocycles. The van der Waals surface area contributed by atoms with Crippen molar-refractivity contribution in [3.05, 3.63) is 102 Å². The minimum absolute atomic E-state index is 0.0407. The lowest BCUT2D eigenvalue weighted by Gasteiger charge is -2.18. The van der Waals surface area contributed by atoms with Crippen LogP contribution in [0.1, 0.15) is 22.8 Å². The highest BCUT2D eigenvalue weighted by molar-refractivity contribution is 5.96. The van der Waals surface area contributed by atoms with Gasteiger partial charge in [0.15, 0.2) is 0 Å². The Morgan fingerprint density at radius 2 is 1.50 bits per heavy atom. The van der Waals surface area contributed by atoms with Crippen molar-refractivity contribution >= 4 is 17.6 Å². The Hall–Kier alpha value is -3.61. The van der Waals surface area contributed by atoms with Gasteiger partial charge in [-0.2, -0.15) is 13.2 Å². The van der Waals surface area contributed by atoms with Crippen molar-refractivity contribution in [2.24, 2.45) is 0 Å². The fourth-order valence-corrected chi connectivity index (χ4v) is 2.82. The van der Waals surface area contributed by atoms with Crippen LogP contribution in [0.5, 0.6) is 0 Å². The number of nitrogens with one attached hydrogen (secondary N) is 1. The molecule has 154 valence electrons. The smallest absolute Gasteiger partial charge is 0.416 e. The van der Waals surface area contributed by atoms with Gasteiger partial charge in [0, 0.05) is 11.3 Å². The average Bonchev–Trinajstić information content (AvgIpc) is 2.73. The summed E-state index contributed by atoms with van der Waals surface area (Å²) in [6, 6.07) is 21.4. The van der Waals surface area contributed by atoms with E-state index >= 15 is 0 Å². The Balaban J connectivity index is 1.79. The van der Waals surface area contributed by atoms with Crippen LogP contribution >= 0.6 is 0 Å². The highest BCUT2D eigenvalue weighted by Gasteiger charge is 2.31. The maximum Gasteiger partial charge on any atom is 0.416 e. The standard InChI is InChI=1S/C23H18F3NO3/c24-23(25,26)18-12-7-13-19(15-18)27-22(29)21(17-10-5-2-6-11-17)30-20(28)14-16-8-3-1-4-9-16/h1-13,15,21H,14H2,(H,27,29)/t21-/m0/s1. The maximum absolute atomic E-state index is 12.9. The SMILES string of the molecule is O=C(Cc1ccccc1)O[C@H](C(=O)Nc1cccc(C(F)(F)F)c1)c1ccccc1. The third kappa shape index (κ3) is 5.70. The van der Waals surface area contributed by atoms with E-state index in [4.69, 9.17) is 4.74 Å². The van der Waals surface area contributed by atoms with Crippen LogP contribution in [0.4, 0.5) is 18.9 Å². The third-order valence-corrected chi connectivity index (χ3v) is 4.24. The zero-order chi connectivity index (χ0) is 21.6. The number of esters is 1. The number of benzene rings is 3. The molecule has 0 spiro atoms. The average molecular weight is 413 g/mol. The molecule has 0 heterocycles. The number of hydrogen-bond donors (Lipinski definition) is 1. The van der Waals surface area contributed by atoms with E-state index < -0.39 is 29.7 Å². The summed E-state index contributed by atoms with van der Waals surface area (Å²) in [5.41, 5.74) is 0.184. The van der Waals surface area contributed by atoms with Crippen LogP contribution in [-0.2, 0) is 26.9 Å². The lowest BCUT2D eigenvalue weighted by atomic mass is 10.1. The number of alkyl halides is 3. The molecule has 30 heavy (non-hydrogen) atoms. The molecule has 0 aromatic heterocycles. The van der Waals surface area contributed by atoms with E-state index in [0.29, 0.717) is 11.1 Å². The Kier molecular flexibility index (Phi) is 6.51. The molecule has 1 N–H and O–H groups in total. The van der Waals surface area contributed by atoms with Gasteiger partial charge in [-0.3, -0.25) is 9.59 Å². The van der Waals surface area contributed by atoms with Gasteiger partial charge in [0.2, 0.25) is 6.10 Å². The molecule has 7 heteroatoms. The first kappa shape index (κ1) is 21.1. The number of halogens is 3. The predicted molar refractivity (Wildman–Crippen MR) is 105 cm³/mol. The number of rotatable bonds is 6. The molecule has 1 amide bonds. The quantitative estimate of drug-likeness (QED) is 0.567. The van der Waals surface area contributed by atoms with Gasteiger partial charge in [0.1, 0.15) is 0 Å². The minimum Gasteiger partial charge on any atom is -0.447 e. The molecule has 1 atom stereocenters. The first-order valence-corrected chi connectivity index (χ1v) is 9.09. The fraction of sp³-hybridized carbons (Fsp3) is 0.130. The number of hydrogen-bond acceptors (Lipinski definition) is 3.